The lowest BCUT2D eigenvalue weighted by Crippen LogP contribution is -2.04. The lowest BCUT2D eigenvalue weighted by molar-refractivity contribution is 0.831. The van der Waals surface area contributed by atoms with E-state index in [1.807, 2.05) is 11.8 Å². The lowest BCUT2D eigenvalue weighted by atomic mass is 9.89. The predicted molar refractivity (Wildman–Crippen MR) is 126 cm³/mol. The Morgan fingerprint density at radius 1 is 0.828 bits per heavy atom. The molecule has 1 aliphatic heterocycles. The third-order valence-electron chi connectivity index (χ3n) is 5.74. The molecule has 0 radical (unpaired) electrons. The lowest BCUT2D eigenvalue weighted by Gasteiger charge is -2.25. The molecule has 5 rings (SSSR count). The molecule has 3 aliphatic rings. The quantitative estimate of drug-likeness (QED) is 0.498. The Hall–Kier alpha value is -2.77. The van der Waals surface area contributed by atoms with Gasteiger partial charge in [0, 0.05) is 15.7 Å². The average Bonchev–Trinajstić information content (AvgIpc) is 3.02. The van der Waals surface area contributed by atoms with Crippen LogP contribution in [0.3, 0.4) is 0 Å². The van der Waals surface area contributed by atoms with E-state index in [1.165, 1.54) is 43.2 Å². The molecule has 2 aromatic carbocycles. The molecule has 1 unspecified atom stereocenters. The van der Waals surface area contributed by atoms with E-state index in [0.717, 1.165) is 12.8 Å². The molecule has 1 heterocycles. The van der Waals surface area contributed by atoms with Crippen LogP contribution in [0, 0.1) is 6.92 Å². The van der Waals surface area contributed by atoms with E-state index in [4.69, 9.17) is 0 Å². The van der Waals surface area contributed by atoms with E-state index in [1.54, 1.807) is 0 Å². The van der Waals surface area contributed by atoms with Gasteiger partial charge < -0.3 is 0 Å². The van der Waals surface area contributed by atoms with Crippen molar-refractivity contribution in [3.8, 4) is 11.1 Å². The van der Waals surface area contributed by atoms with Crippen molar-refractivity contribution in [2.75, 3.05) is 0 Å². The van der Waals surface area contributed by atoms with Crippen molar-refractivity contribution in [1.29, 1.82) is 0 Å². The van der Waals surface area contributed by atoms with Gasteiger partial charge in [-0.15, -0.1) is 0 Å². The van der Waals surface area contributed by atoms with Gasteiger partial charge in [0.25, 0.3) is 0 Å². The molecule has 0 aromatic heterocycles. The maximum atomic E-state index is 2.44. The van der Waals surface area contributed by atoms with Crippen molar-refractivity contribution >= 4 is 11.8 Å². The van der Waals surface area contributed by atoms with Gasteiger partial charge >= 0.3 is 0 Å². The normalized spacial score (nSPS) is 22.9. The molecule has 2 aromatic rings. The molecule has 0 N–H and O–H groups in total. The summed E-state index contributed by atoms with van der Waals surface area (Å²) in [4.78, 5) is 2.75. The van der Waals surface area contributed by atoms with Crippen LogP contribution in [0.15, 0.2) is 118 Å². The van der Waals surface area contributed by atoms with Crippen LogP contribution in [-0.2, 0) is 0 Å². The van der Waals surface area contributed by atoms with Crippen molar-refractivity contribution in [3.63, 3.8) is 0 Å². The van der Waals surface area contributed by atoms with Crippen molar-refractivity contribution in [2.24, 2.45) is 0 Å². The molecule has 1 atom stereocenters. The molecule has 0 saturated carbocycles. The van der Waals surface area contributed by atoms with Gasteiger partial charge in [-0.05, 0) is 65.8 Å². The zero-order valence-electron chi connectivity index (χ0n) is 16.6. The highest BCUT2D eigenvalue weighted by molar-refractivity contribution is 8.03. The van der Waals surface area contributed by atoms with E-state index in [2.05, 4.69) is 104 Å². The zero-order chi connectivity index (χ0) is 19.6. The van der Waals surface area contributed by atoms with Crippen LogP contribution in [0.5, 0.6) is 0 Å². The van der Waals surface area contributed by atoms with Crippen LogP contribution in [-0.4, -0.2) is 0 Å². The first-order chi connectivity index (χ1) is 14.3. The van der Waals surface area contributed by atoms with Gasteiger partial charge in [-0.2, -0.15) is 0 Å². The minimum Gasteiger partial charge on any atom is -0.0901 e. The molecule has 0 spiro atoms. The molecule has 2 aliphatic carbocycles. The van der Waals surface area contributed by atoms with Crippen molar-refractivity contribution in [3.05, 3.63) is 124 Å². The Morgan fingerprint density at radius 2 is 1.66 bits per heavy atom. The predicted octanol–water partition coefficient (Wildman–Crippen LogP) is 8.06. The number of hydrogen-bond acceptors (Lipinski definition) is 1. The van der Waals surface area contributed by atoms with E-state index in [-0.39, 0.29) is 0 Å². The van der Waals surface area contributed by atoms with Crippen molar-refractivity contribution in [1.82, 2.24) is 0 Å². The Morgan fingerprint density at radius 3 is 2.55 bits per heavy atom. The Labute approximate surface area is 177 Å². The monoisotopic (exact) mass is 392 g/mol. The van der Waals surface area contributed by atoms with Gasteiger partial charge in [0.05, 0.1) is 0 Å². The average molecular weight is 393 g/mol. The second-order valence-corrected chi connectivity index (χ2v) is 8.92. The van der Waals surface area contributed by atoms with Crippen LogP contribution in [0.2, 0.25) is 0 Å². The van der Waals surface area contributed by atoms with E-state index < -0.39 is 0 Å². The smallest absolute Gasteiger partial charge is 0.0160 e. The summed E-state index contributed by atoms with van der Waals surface area (Å²) in [5, 5.41) is 0. The van der Waals surface area contributed by atoms with Crippen LogP contribution < -0.4 is 0 Å². The van der Waals surface area contributed by atoms with E-state index >= 15 is 0 Å². The fourth-order valence-electron chi connectivity index (χ4n) is 4.09. The Balaban J connectivity index is 1.49. The third-order valence-corrected chi connectivity index (χ3v) is 6.84. The standard InChI is InChI=1S/C28H24S/c1-20-8-10-23(11-9-20)24-15-17-28-27(19-24)25-13-12-22(14-16-26(18-25)29-28)21-6-4-2-3-5-7-21/h2-4,6-12,14-19,25H,5,13H2,1H3/b16-14-,22-12+. The number of fused-ring (bicyclic) bond motifs is 3. The molecule has 0 fully saturated rings. The van der Waals surface area contributed by atoms with E-state index in [0.29, 0.717) is 5.92 Å². The Bertz CT molecular complexity index is 1120. The van der Waals surface area contributed by atoms with Crippen LogP contribution >= 0.6 is 11.8 Å². The number of thioether (sulfide) groups is 1. The van der Waals surface area contributed by atoms with Crippen LogP contribution in [0.4, 0.5) is 0 Å². The number of allylic oxidation sites excluding steroid dienone is 11. The second kappa shape index (κ2) is 7.93. The Kier molecular flexibility index (Phi) is 4.99. The molecular formula is C28H24S. The fraction of sp³-hybridized carbons (Fsp3) is 0.143. The molecule has 2 bridgehead atoms. The molecule has 0 saturated heterocycles. The van der Waals surface area contributed by atoms with Gasteiger partial charge in [-0.3, -0.25) is 0 Å². The minimum atomic E-state index is 0.431. The summed E-state index contributed by atoms with van der Waals surface area (Å²) < 4.78 is 0. The highest BCUT2D eigenvalue weighted by Crippen LogP contribution is 2.45. The highest BCUT2D eigenvalue weighted by Gasteiger charge is 2.21. The van der Waals surface area contributed by atoms with Gasteiger partial charge in [0.15, 0.2) is 0 Å². The van der Waals surface area contributed by atoms with Crippen molar-refractivity contribution < 1.29 is 0 Å². The number of benzene rings is 2. The summed E-state index contributed by atoms with van der Waals surface area (Å²) in [6, 6.07) is 15.8. The van der Waals surface area contributed by atoms with Crippen LogP contribution in [0.1, 0.15) is 29.9 Å². The number of aryl methyl sites for hydroxylation is 1. The number of rotatable bonds is 2. The first-order valence-electron chi connectivity index (χ1n) is 10.3. The minimum absolute atomic E-state index is 0.431. The molecule has 29 heavy (non-hydrogen) atoms. The first kappa shape index (κ1) is 18.3. The summed E-state index contributed by atoms with van der Waals surface area (Å²) in [6.07, 6.45) is 22.5. The maximum absolute atomic E-state index is 2.44. The fourth-order valence-corrected chi connectivity index (χ4v) is 5.18. The topological polar surface area (TPSA) is 0 Å². The van der Waals surface area contributed by atoms with E-state index in [9.17, 15) is 0 Å². The summed E-state index contributed by atoms with van der Waals surface area (Å²) in [5.74, 6) is 0.431. The summed E-state index contributed by atoms with van der Waals surface area (Å²) >= 11 is 1.89. The molecule has 0 nitrogen and oxygen atoms in total. The van der Waals surface area contributed by atoms with Gasteiger partial charge in [0.1, 0.15) is 0 Å². The second-order valence-electron chi connectivity index (χ2n) is 7.81. The summed E-state index contributed by atoms with van der Waals surface area (Å²) in [5.41, 5.74) is 8.01. The van der Waals surface area contributed by atoms with Gasteiger partial charge in [-0.25, -0.2) is 0 Å². The molecule has 1 heteroatoms. The summed E-state index contributed by atoms with van der Waals surface area (Å²) in [7, 11) is 0. The van der Waals surface area contributed by atoms with Crippen molar-refractivity contribution in [2.45, 2.75) is 30.6 Å². The highest BCUT2D eigenvalue weighted by atomic mass is 32.2. The first-order valence-corrected chi connectivity index (χ1v) is 11.1. The maximum Gasteiger partial charge on any atom is 0.0160 e. The summed E-state index contributed by atoms with van der Waals surface area (Å²) in [6.45, 7) is 2.14. The van der Waals surface area contributed by atoms with Gasteiger partial charge in [0.2, 0.25) is 0 Å². The largest absolute Gasteiger partial charge is 0.0901 e. The van der Waals surface area contributed by atoms with Gasteiger partial charge in [-0.1, -0.05) is 96.3 Å². The van der Waals surface area contributed by atoms with Crippen LogP contribution in [0.25, 0.3) is 11.1 Å². The molecule has 142 valence electrons. The molecular weight excluding hydrogens is 368 g/mol. The number of hydrogen-bond donors (Lipinski definition) is 0. The SMILES string of the molecule is Cc1ccc(-c2ccc3c(c2)C2C=C(/C=C\C(C4=CCC=CC=C4)=C/C2)S3)cc1. The third kappa shape index (κ3) is 3.88. The molecule has 0 amide bonds. The zero-order valence-corrected chi connectivity index (χ0v) is 17.5.